The largest absolute Gasteiger partial charge is 0.508 e. The first kappa shape index (κ1) is 19.1. The van der Waals surface area contributed by atoms with Crippen LogP contribution in [0.5, 0.6) is 11.5 Å². The molecular weight excluding hydrogens is 417 g/mol. The number of likely N-dealkylation sites (tertiary alicyclic amines) is 1. The van der Waals surface area contributed by atoms with E-state index in [2.05, 4.69) is 15.2 Å². The number of benzene rings is 1. The Kier molecular flexibility index (Phi) is 6.60. The molecule has 0 atom stereocenters. The van der Waals surface area contributed by atoms with Crippen LogP contribution in [-0.2, 0) is 6.54 Å². The minimum Gasteiger partial charge on any atom is -0.508 e. The van der Waals surface area contributed by atoms with Crippen LogP contribution >= 0.6 is 24.0 Å². The van der Waals surface area contributed by atoms with E-state index in [0.717, 1.165) is 30.4 Å². The van der Waals surface area contributed by atoms with Crippen molar-refractivity contribution in [3.05, 3.63) is 23.8 Å². The molecule has 1 saturated heterocycles. The summed E-state index contributed by atoms with van der Waals surface area (Å²) in [6.07, 6.45) is 6.74. The van der Waals surface area contributed by atoms with Crippen LogP contribution in [0, 0.1) is 5.41 Å². The van der Waals surface area contributed by atoms with Gasteiger partial charge in [0.15, 0.2) is 5.96 Å². The highest BCUT2D eigenvalue weighted by Gasteiger charge is 2.41. The molecule has 1 spiro atoms. The van der Waals surface area contributed by atoms with E-state index in [9.17, 15) is 5.11 Å². The van der Waals surface area contributed by atoms with Gasteiger partial charge in [-0.2, -0.15) is 0 Å². The van der Waals surface area contributed by atoms with E-state index in [1.54, 1.807) is 19.2 Å². The third-order valence-electron chi connectivity index (χ3n) is 5.34. The Labute approximate surface area is 161 Å². The number of rotatable bonds is 3. The second kappa shape index (κ2) is 8.27. The fraction of sp³-hybridized carbons (Fsp3) is 0.611. The van der Waals surface area contributed by atoms with Crippen molar-refractivity contribution in [1.29, 1.82) is 0 Å². The molecule has 1 saturated carbocycles. The number of nitrogens with one attached hydrogen (secondary N) is 1. The Morgan fingerprint density at radius 3 is 2.75 bits per heavy atom. The van der Waals surface area contributed by atoms with E-state index in [0.29, 0.717) is 12.0 Å². The van der Waals surface area contributed by atoms with Gasteiger partial charge in [-0.3, -0.25) is 4.99 Å². The molecule has 2 N–H and O–H groups in total. The first-order valence-electron chi connectivity index (χ1n) is 8.47. The van der Waals surface area contributed by atoms with Gasteiger partial charge in [0.25, 0.3) is 0 Å². The fourth-order valence-electron chi connectivity index (χ4n) is 3.99. The number of guanidine groups is 1. The van der Waals surface area contributed by atoms with E-state index < -0.39 is 0 Å². The lowest BCUT2D eigenvalue weighted by molar-refractivity contribution is 0.309. The smallest absolute Gasteiger partial charge is 0.193 e. The van der Waals surface area contributed by atoms with Crippen LogP contribution in [0.3, 0.4) is 0 Å². The molecule has 134 valence electrons. The highest BCUT2D eigenvalue weighted by atomic mass is 127. The first-order valence-corrected chi connectivity index (χ1v) is 8.47. The van der Waals surface area contributed by atoms with Crippen molar-refractivity contribution >= 4 is 29.9 Å². The minimum atomic E-state index is 0. The van der Waals surface area contributed by atoms with Gasteiger partial charge in [-0.05, 0) is 42.9 Å². The Hall–Kier alpha value is -1.18. The van der Waals surface area contributed by atoms with Gasteiger partial charge in [0.2, 0.25) is 0 Å². The summed E-state index contributed by atoms with van der Waals surface area (Å²) in [6.45, 7) is 2.72. The molecule has 6 heteroatoms. The Balaban J connectivity index is 0.00000208. The number of ether oxygens (including phenoxy) is 1. The lowest BCUT2D eigenvalue weighted by atomic mass is 9.86. The summed E-state index contributed by atoms with van der Waals surface area (Å²) in [7, 11) is 3.46. The monoisotopic (exact) mass is 445 g/mol. The van der Waals surface area contributed by atoms with E-state index in [-0.39, 0.29) is 29.7 Å². The quantitative estimate of drug-likeness (QED) is 0.426. The van der Waals surface area contributed by atoms with Gasteiger partial charge in [0, 0.05) is 32.2 Å². The average Bonchev–Trinajstić information content (AvgIpc) is 3.20. The summed E-state index contributed by atoms with van der Waals surface area (Å²) in [5.41, 5.74) is 1.34. The summed E-state index contributed by atoms with van der Waals surface area (Å²) >= 11 is 0. The Morgan fingerprint density at radius 2 is 2.08 bits per heavy atom. The maximum absolute atomic E-state index is 10.00. The summed E-state index contributed by atoms with van der Waals surface area (Å²) in [6, 6.07) is 5.29. The zero-order chi connectivity index (χ0) is 16.3. The Morgan fingerprint density at radius 1 is 1.33 bits per heavy atom. The number of aliphatic imine (C=N–C) groups is 1. The van der Waals surface area contributed by atoms with Crippen molar-refractivity contribution in [2.24, 2.45) is 10.4 Å². The van der Waals surface area contributed by atoms with Crippen molar-refractivity contribution < 1.29 is 9.84 Å². The highest BCUT2D eigenvalue weighted by Crippen LogP contribution is 2.45. The number of halogens is 1. The third kappa shape index (κ3) is 4.07. The summed E-state index contributed by atoms with van der Waals surface area (Å²) in [5, 5.41) is 13.4. The second-order valence-corrected chi connectivity index (χ2v) is 6.77. The molecule has 0 bridgehead atoms. The normalized spacial score (nSPS) is 19.4. The van der Waals surface area contributed by atoms with Gasteiger partial charge >= 0.3 is 0 Å². The zero-order valence-electron chi connectivity index (χ0n) is 14.5. The van der Waals surface area contributed by atoms with Crippen molar-refractivity contribution in [3.8, 4) is 11.5 Å². The molecule has 0 aromatic heterocycles. The number of aromatic hydroxyl groups is 1. The standard InChI is InChI=1S/C18H27N3O2.HI/c1-19-17(21-10-9-18(13-21)7-3-4-8-18)20-12-14-11-15(23-2)5-6-16(14)22;/h5-6,11,22H,3-4,7-10,12-13H2,1-2H3,(H,19,20);1H. The number of phenolic OH excluding ortho intramolecular Hbond substituents is 1. The van der Waals surface area contributed by atoms with Gasteiger partial charge in [-0.25, -0.2) is 0 Å². The van der Waals surface area contributed by atoms with Gasteiger partial charge in [0.1, 0.15) is 11.5 Å². The molecule has 24 heavy (non-hydrogen) atoms. The molecular formula is C18H28IN3O2. The number of hydrogen-bond donors (Lipinski definition) is 2. The van der Waals surface area contributed by atoms with Crippen LogP contribution in [0.15, 0.2) is 23.2 Å². The number of hydrogen-bond acceptors (Lipinski definition) is 3. The van der Waals surface area contributed by atoms with Crippen LogP contribution in [0.1, 0.15) is 37.7 Å². The zero-order valence-corrected chi connectivity index (χ0v) is 16.9. The SMILES string of the molecule is CN=C(NCc1cc(OC)ccc1O)N1CCC2(CCCC2)C1.I. The molecule has 2 fully saturated rings. The number of methoxy groups -OCH3 is 1. The van der Waals surface area contributed by atoms with E-state index in [1.165, 1.54) is 32.1 Å². The van der Waals surface area contributed by atoms with Crippen molar-refractivity contribution in [2.75, 3.05) is 27.2 Å². The van der Waals surface area contributed by atoms with Gasteiger partial charge in [-0.15, -0.1) is 24.0 Å². The van der Waals surface area contributed by atoms with Crippen LogP contribution in [0.25, 0.3) is 0 Å². The second-order valence-electron chi connectivity index (χ2n) is 6.77. The van der Waals surface area contributed by atoms with Gasteiger partial charge in [0.05, 0.1) is 7.11 Å². The van der Waals surface area contributed by atoms with Crippen LogP contribution in [0.4, 0.5) is 0 Å². The average molecular weight is 445 g/mol. The van der Waals surface area contributed by atoms with E-state index in [4.69, 9.17) is 4.74 Å². The molecule has 5 nitrogen and oxygen atoms in total. The van der Waals surface area contributed by atoms with Crippen molar-refractivity contribution in [2.45, 2.75) is 38.6 Å². The summed E-state index contributed by atoms with van der Waals surface area (Å²) in [5.74, 6) is 1.96. The molecule has 3 rings (SSSR count). The molecule has 2 aliphatic rings. The molecule has 1 heterocycles. The van der Waals surface area contributed by atoms with Crippen molar-refractivity contribution in [1.82, 2.24) is 10.2 Å². The predicted molar refractivity (Wildman–Crippen MR) is 107 cm³/mol. The fourth-order valence-corrected chi connectivity index (χ4v) is 3.99. The van der Waals surface area contributed by atoms with Gasteiger partial charge < -0.3 is 20.1 Å². The highest BCUT2D eigenvalue weighted by molar-refractivity contribution is 14.0. The van der Waals surface area contributed by atoms with E-state index >= 15 is 0 Å². The molecule has 0 amide bonds. The summed E-state index contributed by atoms with van der Waals surface area (Å²) < 4.78 is 5.23. The molecule has 1 aromatic rings. The molecule has 1 aromatic carbocycles. The van der Waals surface area contributed by atoms with Crippen LogP contribution < -0.4 is 10.1 Å². The Bertz CT molecular complexity index is 586. The molecule has 1 aliphatic heterocycles. The lowest BCUT2D eigenvalue weighted by Gasteiger charge is -2.26. The van der Waals surface area contributed by atoms with Crippen molar-refractivity contribution in [3.63, 3.8) is 0 Å². The molecule has 1 aliphatic carbocycles. The number of phenols is 1. The van der Waals surface area contributed by atoms with Crippen LogP contribution in [-0.4, -0.2) is 43.2 Å². The maximum Gasteiger partial charge on any atom is 0.193 e. The lowest BCUT2D eigenvalue weighted by Crippen LogP contribution is -2.40. The number of nitrogens with zero attached hydrogens (tertiary/aromatic N) is 2. The van der Waals surface area contributed by atoms with E-state index in [1.807, 2.05) is 13.1 Å². The van der Waals surface area contributed by atoms with Gasteiger partial charge in [-0.1, -0.05) is 12.8 Å². The summed E-state index contributed by atoms with van der Waals surface area (Å²) in [4.78, 5) is 6.79. The molecule has 0 radical (unpaired) electrons. The predicted octanol–water partition coefficient (Wildman–Crippen LogP) is 3.36. The topological polar surface area (TPSA) is 57.1 Å². The minimum absolute atomic E-state index is 0. The van der Waals surface area contributed by atoms with Crippen LogP contribution in [0.2, 0.25) is 0 Å². The third-order valence-corrected chi connectivity index (χ3v) is 5.34. The maximum atomic E-state index is 10.00. The molecule has 0 unspecified atom stereocenters. The first-order chi connectivity index (χ1) is 11.2.